The van der Waals surface area contributed by atoms with Gasteiger partial charge in [-0.1, -0.05) is 50.2 Å². The van der Waals surface area contributed by atoms with Gasteiger partial charge >= 0.3 is 0 Å². The highest BCUT2D eigenvalue weighted by molar-refractivity contribution is 6.03. The average molecular weight is 456 g/mol. The first-order chi connectivity index (χ1) is 15.9. The summed E-state index contributed by atoms with van der Waals surface area (Å²) >= 11 is 0. The Hall–Kier alpha value is -3.26. The Morgan fingerprint density at radius 3 is 2.52 bits per heavy atom. The lowest BCUT2D eigenvalue weighted by molar-refractivity contribution is -0.143. The molecule has 1 aliphatic heterocycles. The largest absolute Gasteiger partial charge is 0.496 e. The lowest BCUT2D eigenvalue weighted by atomic mass is 9.97. The Balaban J connectivity index is 1.96. The quantitative estimate of drug-likeness (QED) is 0.579. The maximum absolute atomic E-state index is 14.5. The van der Waals surface area contributed by atoms with Crippen LogP contribution in [0.15, 0.2) is 53.6 Å². The SMILES string of the molecule is COCCN(CC(=O)N1N=C(c2ccccc2F)CC1c1ccccc1OC)C(=O)C(C)C. The molecule has 33 heavy (non-hydrogen) atoms. The molecule has 1 unspecified atom stereocenters. The van der Waals surface area contributed by atoms with E-state index in [9.17, 15) is 14.0 Å². The topological polar surface area (TPSA) is 71.4 Å². The summed E-state index contributed by atoms with van der Waals surface area (Å²) in [4.78, 5) is 27.6. The molecule has 0 fully saturated rings. The monoisotopic (exact) mass is 455 g/mol. The summed E-state index contributed by atoms with van der Waals surface area (Å²) in [6.07, 6.45) is 0.323. The van der Waals surface area contributed by atoms with Gasteiger partial charge in [0.05, 0.1) is 25.5 Å². The second kappa shape index (κ2) is 11.0. The number of ether oxygens (including phenoxy) is 2. The molecular weight excluding hydrogens is 425 g/mol. The van der Waals surface area contributed by atoms with Crippen LogP contribution in [0.3, 0.4) is 0 Å². The Labute approximate surface area is 193 Å². The third-order valence-electron chi connectivity index (χ3n) is 5.55. The molecule has 2 aromatic carbocycles. The lowest BCUT2D eigenvalue weighted by Crippen LogP contribution is -2.44. The van der Waals surface area contributed by atoms with Crippen LogP contribution in [0, 0.1) is 11.7 Å². The fourth-order valence-electron chi connectivity index (χ4n) is 3.85. The van der Waals surface area contributed by atoms with Crippen molar-refractivity contribution in [2.24, 2.45) is 11.0 Å². The number of hydrogen-bond donors (Lipinski definition) is 0. The Morgan fingerprint density at radius 1 is 1.15 bits per heavy atom. The van der Waals surface area contributed by atoms with Crippen LogP contribution in [0.4, 0.5) is 4.39 Å². The molecular formula is C25H30FN3O4. The van der Waals surface area contributed by atoms with Crippen LogP contribution in [-0.2, 0) is 14.3 Å². The molecule has 0 N–H and O–H groups in total. The van der Waals surface area contributed by atoms with Gasteiger partial charge in [0.2, 0.25) is 5.91 Å². The standard InChI is InChI=1S/C25H30FN3O4/c1-17(2)25(31)28(13-14-32-3)16-24(30)29-22(19-10-6-8-12-23(19)33-4)15-21(27-29)18-9-5-7-11-20(18)26/h5-12,17,22H,13-16H2,1-4H3. The van der Waals surface area contributed by atoms with Crippen LogP contribution >= 0.6 is 0 Å². The summed E-state index contributed by atoms with van der Waals surface area (Å²) in [6, 6.07) is 13.3. The van der Waals surface area contributed by atoms with Crippen LogP contribution in [0.5, 0.6) is 5.75 Å². The highest BCUT2D eigenvalue weighted by atomic mass is 19.1. The predicted octanol–water partition coefficient (Wildman–Crippen LogP) is 3.64. The summed E-state index contributed by atoms with van der Waals surface area (Å²) in [6.45, 7) is 4.02. The van der Waals surface area contributed by atoms with Gasteiger partial charge in [-0.05, 0) is 12.1 Å². The second-order valence-corrected chi connectivity index (χ2v) is 8.13. The van der Waals surface area contributed by atoms with Crippen LogP contribution in [0.25, 0.3) is 0 Å². The molecule has 0 bridgehead atoms. The van der Waals surface area contributed by atoms with E-state index in [0.29, 0.717) is 30.1 Å². The van der Waals surface area contributed by atoms with Crippen molar-refractivity contribution in [2.45, 2.75) is 26.3 Å². The van der Waals surface area contributed by atoms with Crippen molar-refractivity contribution in [1.29, 1.82) is 0 Å². The number of amides is 2. The summed E-state index contributed by atoms with van der Waals surface area (Å²) in [5.41, 5.74) is 1.58. The minimum absolute atomic E-state index is 0.147. The molecule has 7 nitrogen and oxygen atoms in total. The third-order valence-corrected chi connectivity index (χ3v) is 5.55. The smallest absolute Gasteiger partial charge is 0.262 e. The average Bonchev–Trinajstić information content (AvgIpc) is 3.26. The van der Waals surface area contributed by atoms with Gasteiger partial charge in [-0.15, -0.1) is 0 Å². The molecule has 0 saturated carbocycles. The van der Waals surface area contributed by atoms with Crippen molar-refractivity contribution in [3.8, 4) is 5.75 Å². The molecule has 1 atom stereocenters. The molecule has 2 amide bonds. The van der Waals surface area contributed by atoms with Crippen LogP contribution in [-0.4, -0.2) is 61.4 Å². The van der Waals surface area contributed by atoms with Crippen molar-refractivity contribution >= 4 is 17.5 Å². The number of rotatable bonds is 9. The number of carbonyl (C=O) groups excluding carboxylic acids is 2. The van der Waals surface area contributed by atoms with Crippen LogP contribution in [0.1, 0.15) is 37.4 Å². The summed E-state index contributed by atoms with van der Waals surface area (Å²) in [5.74, 6) is -0.564. The minimum atomic E-state index is -0.485. The number of methoxy groups -OCH3 is 2. The molecule has 0 aromatic heterocycles. The second-order valence-electron chi connectivity index (χ2n) is 8.13. The van der Waals surface area contributed by atoms with Gasteiger partial charge in [-0.2, -0.15) is 5.10 Å². The van der Waals surface area contributed by atoms with Crippen molar-refractivity contribution in [2.75, 3.05) is 33.9 Å². The number of benzene rings is 2. The lowest BCUT2D eigenvalue weighted by Gasteiger charge is -2.28. The highest BCUT2D eigenvalue weighted by Crippen LogP contribution is 2.37. The fraction of sp³-hybridized carbons (Fsp3) is 0.400. The van der Waals surface area contributed by atoms with Crippen LogP contribution < -0.4 is 4.74 Å². The zero-order valence-corrected chi connectivity index (χ0v) is 19.5. The molecule has 1 heterocycles. The number of carbonyl (C=O) groups is 2. The van der Waals surface area contributed by atoms with Crippen molar-refractivity contribution in [3.05, 3.63) is 65.5 Å². The third kappa shape index (κ3) is 5.57. The number of halogens is 1. The van der Waals surface area contributed by atoms with E-state index in [1.165, 1.54) is 16.0 Å². The van der Waals surface area contributed by atoms with Crippen molar-refractivity contribution in [3.63, 3.8) is 0 Å². The molecule has 1 aliphatic rings. The van der Waals surface area contributed by atoms with Crippen molar-refractivity contribution in [1.82, 2.24) is 9.91 Å². The van der Waals surface area contributed by atoms with Gasteiger partial charge in [-0.25, -0.2) is 9.40 Å². The molecule has 0 saturated heterocycles. The summed E-state index contributed by atoms with van der Waals surface area (Å²) in [7, 11) is 3.11. The molecule has 8 heteroatoms. The van der Waals surface area contributed by atoms with Gasteiger partial charge in [0, 0.05) is 37.1 Å². The van der Waals surface area contributed by atoms with Gasteiger partial charge in [-0.3, -0.25) is 9.59 Å². The Kier molecular flexibility index (Phi) is 8.16. The normalized spacial score (nSPS) is 15.5. The molecule has 3 rings (SSSR count). The van der Waals surface area contributed by atoms with E-state index in [0.717, 1.165) is 5.56 Å². The van der Waals surface area contributed by atoms with E-state index in [-0.39, 0.29) is 30.8 Å². The van der Waals surface area contributed by atoms with E-state index in [2.05, 4.69) is 5.10 Å². The molecule has 176 valence electrons. The van der Waals surface area contributed by atoms with E-state index in [1.54, 1.807) is 46.3 Å². The molecule has 0 radical (unpaired) electrons. The Bertz CT molecular complexity index is 1020. The first-order valence-electron chi connectivity index (χ1n) is 10.9. The first-order valence-corrected chi connectivity index (χ1v) is 10.9. The molecule has 2 aromatic rings. The highest BCUT2D eigenvalue weighted by Gasteiger charge is 2.36. The summed E-state index contributed by atoms with van der Waals surface area (Å²) < 4.78 is 25.1. The van der Waals surface area contributed by atoms with E-state index in [1.807, 2.05) is 24.3 Å². The summed E-state index contributed by atoms with van der Waals surface area (Å²) in [5, 5.41) is 5.88. The van der Waals surface area contributed by atoms with Crippen LogP contribution in [0.2, 0.25) is 0 Å². The van der Waals surface area contributed by atoms with Gasteiger partial charge in [0.15, 0.2) is 0 Å². The van der Waals surface area contributed by atoms with E-state index >= 15 is 0 Å². The minimum Gasteiger partial charge on any atom is -0.496 e. The van der Waals surface area contributed by atoms with E-state index in [4.69, 9.17) is 9.47 Å². The van der Waals surface area contributed by atoms with Crippen molar-refractivity contribution < 1.29 is 23.5 Å². The zero-order valence-electron chi connectivity index (χ0n) is 19.5. The Morgan fingerprint density at radius 2 is 1.85 bits per heavy atom. The maximum atomic E-state index is 14.5. The molecule has 0 aliphatic carbocycles. The first kappa shape index (κ1) is 24.4. The maximum Gasteiger partial charge on any atom is 0.262 e. The van der Waals surface area contributed by atoms with Gasteiger partial charge < -0.3 is 14.4 Å². The molecule has 0 spiro atoms. The predicted molar refractivity (Wildman–Crippen MR) is 123 cm³/mol. The number of hydrogen-bond acceptors (Lipinski definition) is 5. The zero-order chi connectivity index (χ0) is 24.0. The fourth-order valence-corrected chi connectivity index (χ4v) is 3.85. The van der Waals surface area contributed by atoms with Gasteiger partial charge in [0.1, 0.15) is 18.1 Å². The van der Waals surface area contributed by atoms with Gasteiger partial charge in [0.25, 0.3) is 5.91 Å². The number of hydrazone groups is 1. The van der Waals surface area contributed by atoms with E-state index < -0.39 is 11.9 Å². The number of nitrogens with zero attached hydrogens (tertiary/aromatic N) is 3. The number of para-hydroxylation sites is 1.